The number of rotatable bonds is 59. The third-order valence-electron chi connectivity index (χ3n) is 18.4. The van der Waals surface area contributed by atoms with Crippen LogP contribution < -0.4 is 19.5 Å². The number of benzene rings is 3. The summed E-state index contributed by atoms with van der Waals surface area (Å²) in [6.45, 7) is 8.75. The van der Waals surface area contributed by atoms with Gasteiger partial charge in [0.2, 0.25) is 0 Å². The summed E-state index contributed by atoms with van der Waals surface area (Å²) in [7, 11) is 0. The zero-order valence-electron chi connectivity index (χ0n) is 56.5. The second-order valence-corrected chi connectivity index (χ2v) is 26.1. The van der Waals surface area contributed by atoms with Gasteiger partial charge in [-0.15, -0.1) is 0 Å². The van der Waals surface area contributed by atoms with Gasteiger partial charge >= 0.3 is 0 Å². The quantitative estimate of drug-likeness (QED) is 0.0444. The van der Waals surface area contributed by atoms with Crippen LogP contribution >= 0.6 is 0 Å². The predicted octanol–water partition coefficient (Wildman–Crippen LogP) is 23.2. The molecule has 0 radical (unpaired) electrons. The van der Waals surface area contributed by atoms with Crippen LogP contribution in [0.1, 0.15) is 360 Å². The van der Waals surface area contributed by atoms with Crippen molar-refractivity contribution in [3.05, 3.63) is 89.5 Å². The number of unbranched alkanes of at least 4 members (excludes halogenated alkanes) is 45. The van der Waals surface area contributed by atoms with Crippen LogP contribution in [0.25, 0.3) is 0 Å². The molecular formula is C79H130N2O6. The fourth-order valence-corrected chi connectivity index (χ4v) is 12.8. The minimum atomic E-state index is -0.980. The Balaban J connectivity index is 1.33. The highest BCUT2D eigenvalue weighted by molar-refractivity contribution is 6.11. The fourth-order valence-electron chi connectivity index (χ4n) is 12.8. The molecule has 8 nitrogen and oxygen atoms in total. The summed E-state index contributed by atoms with van der Waals surface area (Å²) in [6.07, 6.45) is 62.4. The van der Waals surface area contributed by atoms with Gasteiger partial charge in [0.25, 0.3) is 5.91 Å². The molecule has 0 aromatic heterocycles. The van der Waals surface area contributed by atoms with Crippen LogP contribution in [0.5, 0.6) is 17.2 Å². The van der Waals surface area contributed by atoms with Crippen molar-refractivity contribution >= 4 is 17.5 Å². The molecule has 492 valence electrons. The number of ether oxygens (including phenoxy) is 3. The number of hydrogen-bond donors (Lipinski definition) is 1. The van der Waals surface area contributed by atoms with E-state index >= 15 is 14.4 Å². The zero-order chi connectivity index (χ0) is 61.7. The van der Waals surface area contributed by atoms with E-state index in [1.165, 1.54) is 270 Å². The average Bonchev–Trinajstić information content (AvgIpc) is 2.45. The molecule has 1 aliphatic rings. The minimum Gasteiger partial charge on any atom is -0.493 e. The molecule has 2 unspecified atom stereocenters. The molecule has 0 saturated carbocycles. The molecule has 0 aliphatic carbocycles. The maximum Gasteiger partial charge on any atom is 0.258 e. The second kappa shape index (κ2) is 52.6. The van der Waals surface area contributed by atoms with Crippen molar-refractivity contribution in [2.45, 2.75) is 341 Å². The highest BCUT2D eigenvalue weighted by atomic mass is 16.5. The van der Waals surface area contributed by atoms with Crippen molar-refractivity contribution in [3.8, 4) is 17.2 Å². The first kappa shape index (κ1) is 75.3. The number of carbonyl (C=O) groups excluding carboxylic acids is 3. The fraction of sp³-hybridized carbons (Fsp3) is 0.734. The van der Waals surface area contributed by atoms with Gasteiger partial charge in [0.15, 0.2) is 11.6 Å². The molecule has 2 atom stereocenters. The molecule has 4 rings (SSSR count). The number of nitrogens with zero attached hydrogens (tertiary/aromatic N) is 1. The maximum absolute atomic E-state index is 15.4. The lowest BCUT2D eigenvalue weighted by Crippen LogP contribution is -2.64. The van der Waals surface area contributed by atoms with E-state index in [4.69, 9.17) is 14.2 Å². The Morgan fingerprint density at radius 3 is 0.770 bits per heavy atom. The van der Waals surface area contributed by atoms with Crippen molar-refractivity contribution in [1.29, 1.82) is 0 Å². The number of piperazine rings is 1. The van der Waals surface area contributed by atoms with Gasteiger partial charge in [-0.05, 0) is 55.7 Å². The molecule has 3 aromatic carbocycles. The Kier molecular flexibility index (Phi) is 45.5. The number of amides is 1. The smallest absolute Gasteiger partial charge is 0.258 e. The van der Waals surface area contributed by atoms with Gasteiger partial charge in [-0.3, -0.25) is 14.4 Å². The molecule has 0 spiro atoms. The predicted molar refractivity (Wildman–Crippen MR) is 370 cm³/mol. The largest absolute Gasteiger partial charge is 0.493 e. The monoisotopic (exact) mass is 1200 g/mol. The topological polar surface area (TPSA) is 94.2 Å². The zero-order valence-corrected chi connectivity index (χ0v) is 56.5. The Labute approximate surface area is 534 Å². The third-order valence-corrected chi connectivity index (χ3v) is 18.4. The first-order valence-corrected chi connectivity index (χ1v) is 37.3. The van der Waals surface area contributed by atoms with Gasteiger partial charge in [0, 0.05) is 13.1 Å². The summed E-state index contributed by atoms with van der Waals surface area (Å²) in [5, 5.41) is 3.42. The molecule has 87 heavy (non-hydrogen) atoms. The lowest BCUT2D eigenvalue weighted by atomic mass is 9.92. The normalized spacial score (nSPS) is 14.2. The van der Waals surface area contributed by atoms with E-state index in [0.717, 1.165) is 38.5 Å². The van der Waals surface area contributed by atoms with Gasteiger partial charge in [-0.25, -0.2) is 0 Å². The number of hydrogen-bond acceptors (Lipinski definition) is 7. The summed E-state index contributed by atoms with van der Waals surface area (Å²) in [5.41, 5.74) is 1.19. The van der Waals surface area contributed by atoms with Gasteiger partial charge in [0.1, 0.15) is 29.3 Å². The number of ketones is 2. The molecule has 1 saturated heterocycles. The molecule has 1 aliphatic heterocycles. The lowest BCUT2D eigenvalue weighted by molar-refractivity contribution is 0.0409. The van der Waals surface area contributed by atoms with Crippen LogP contribution in [0.4, 0.5) is 0 Å². The highest BCUT2D eigenvalue weighted by Crippen LogP contribution is 2.31. The molecular weight excluding hydrogens is 1070 g/mol. The van der Waals surface area contributed by atoms with Crippen LogP contribution in [0.15, 0.2) is 72.8 Å². The standard InChI is InChI=1S/C79H130N2O6/c1-4-7-10-13-16-19-22-25-28-31-34-37-40-43-46-55-64-85-74-61-52-49-58-69(74)77(82)72-67-80-68-73(78(83)70-59-50-53-62-75(70)86-65-56-47-44-41-38-35-32-29-26-23-20-17-14-11-8-5-2)81(72)79(84)71-60-51-54-63-76(71)87-66-57-48-45-42-39-36-33-30-27-24-21-18-15-12-9-6-3/h49-54,58-63,72-73,80H,4-48,55-57,64-68H2,1-3H3. The first-order valence-electron chi connectivity index (χ1n) is 37.3. The van der Waals surface area contributed by atoms with Gasteiger partial charge in [-0.2, -0.15) is 0 Å². The van der Waals surface area contributed by atoms with Crippen LogP contribution in [0, 0.1) is 0 Å². The Bertz CT molecular complexity index is 2040. The van der Waals surface area contributed by atoms with Crippen LogP contribution in [-0.2, 0) is 0 Å². The van der Waals surface area contributed by atoms with E-state index in [9.17, 15) is 0 Å². The summed E-state index contributed by atoms with van der Waals surface area (Å²) < 4.78 is 19.3. The Morgan fingerprint density at radius 2 is 0.517 bits per heavy atom. The van der Waals surface area contributed by atoms with Crippen LogP contribution in [0.2, 0.25) is 0 Å². The summed E-state index contributed by atoms with van der Waals surface area (Å²) >= 11 is 0. The maximum atomic E-state index is 15.4. The number of para-hydroxylation sites is 3. The molecule has 1 heterocycles. The molecule has 1 fully saturated rings. The number of carbonyl (C=O) groups is 3. The van der Waals surface area contributed by atoms with Crippen molar-refractivity contribution < 1.29 is 28.6 Å². The number of Topliss-reactive ketones (excluding diaryl/α,β-unsaturated/α-hetero) is 2. The van der Waals surface area contributed by atoms with Gasteiger partial charge in [0.05, 0.1) is 36.5 Å². The summed E-state index contributed by atoms with van der Waals surface area (Å²) in [6, 6.07) is 20.2. The van der Waals surface area contributed by atoms with Gasteiger partial charge < -0.3 is 24.4 Å². The van der Waals surface area contributed by atoms with Gasteiger partial charge in [-0.1, -0.05) is 346 Å². The average molecular weight is 1200 g/mol. The lowest BCUT2D eigenvalue weighted by Gasteiger charge is -2.41. The van der Waals surface area contributed by atoms with E-state index in [1.807, 2.05) is 54.6 Å². The van der Waals surface area contributed by atoms with Crippen LogP contribution in [0.3, 0.4) is 0 Å². The van der Waals surface area contributed by atoms with Crippen molar-refractivity contribution in [1.82, 2.24) is 10.2 Å². The molecule has 0 bridgehead atoms. The minimum absolute atomic E-state index is 0.196. The third kappa shape index (κ3) is 34.0. The number of nitrogens with one attached hydrogen (secondary N) is 1. The van der Waals surface area contributed by atoms with Crippen LogP contribution in [-0.4, -0.2) is 67.4 Å². The first-order chi connectivity index (χ1) is 43.0. The Morgan fingerprint density at radius 1 is 0.310 bits per heavy atom. The van der Waals surface area contributed by atoms with E-state index in [1.54, 1.807) is 23.1 Å². The molecule has 1 N–H and O–H groups in total. The van der Waals surface area contributed by atoms with Crippen molar-refractivity contribution in [2.75, 3.05) is 32.9 Å². The van der Waals surface area contributed by atoms with E-state index in [2.05, 4.69) is 26.1 Å². The van der Waals surface area contributed by atoms with E-state index < -0.39 is 18.0 Å². The van der Waals surface area contributed by atoms with Crippen molar-refractivity contribution in [3.63, 3.8) is 0 Å². The summed E-state index contributed by atoms with van der Waals surface area (Å²) in [4.78, 5) is 47.3. The van der Waals surface area contributed by atoms with Crippen molar-refractivity contribution in [2.24, 2.45) is 0 Å². The van der Waals surface area contributed by atoms with E-state index in [0.29, 0.717) is 53.8 Å². The summed E-state index contributed by atoms with van der Waals surface area (Å²) in [5.74, 6) is 0.601. The molecule has 1 amide bonds. The Hall–Kier alpha value is -4.17. The SMILES string of the molecule is CCCCCCCCCCCCCCCCCCOc1ccccc1C(=O)C1CNCC(C(=O)c2ccccc2OCCCCCCCCCCCCCCCCCC)N1C(=O)c1ccccc1OCCCCCCCCCCCCCCCCCC. The van der Waals surface area contributed by atoms with E-state index in [-0.39, 0.29) is 24.7 Å². The second-order valence-electron chi connectivity index (χ2n) is 26.1. The molecule has 8 heteroatoms. The molecule has 3 aromatic rings. The highest BCUT2D eigenvalue weighted by Gasteiger charge is 2.44.